The Morgan fingerprint density at radius 2 is 2.08 bits per heavy atom. The van der Waals surface area contributed by atoms with Crippen LogP contribution in [0.25, 0.3) is 0 Å². The van der Waals surface area contributed by atoms with Crippen molar-refractivity contribution in [3.63, 3.8) is 0 Å². The Kier molecular flexibility index (Phi) is 2.73. The molecule has 0 amide bonds. The van der Waals surface area contributed by atoms with Crippen LogP contribution in [-0.4, -0.2) is 5.11 Å². The van der Waals surface area contributed by atoms with E-state index in [0.717, 1.165) is 6.07 Å². The van der Waals surface area contributed by atoms with Crippen molar-refractivity contribution < 1.29 is 13.9 Å². The van der Waals surface area contributed by atoms with Gasteiger partial charge in [-0.25, -0.2) is 8.78 Å². The van der Waals surface area contributed by atoms with E-state index in [9.17, 15) is 8.78 Å². The molecular formula is C8H8ClF2NO. The zero-order valence-corrected chi connectivity index (χ0v) is 7.57. The fourth-order valence-electron chi connectivity index (χ4n) is 1.01. The number of benzene rings is 1. The van der Waals surface area contributed by atoms with Crippen molar-refractivity contribution in [2.45, 2.75) is 13.0 Å². The van der Waals surface area contributed by atoms with Crippen molar-refractivity contribution in [1.29, 1.82) is 0 Å². The van der Waals surface area contributed by atoms with Gasteiger partial charge < -0.3 is 10.8 Å². The number of hydrogen-bond donors (Lipinski definition) is 2. The van der Waals surface area contributed by atoms with Crippen LogP contribution in [0.1, 0.15) is 18.5 Å². The lowest BCUT2D eigenvalue weighted by molar-refractivity contribution is 0.454. The van der Waals surface area contributed by atoms with Gasteiger partial charge in [-0.15, -0.1) is 0 Å². The highest BCUT2D eigenvalue weighted by atomic mass is 35.5. The van der Waals surface area contributed by atoms with E-state index < -0.39 is 28.4 Å². The molecule has 3 N–H and O–H groups in total. The molecule has 13 heavy (non-hydrogen) atoms. The van der Waals surface area contributed by atoms with Gasteiger partial charge in [-0.2, -0.15) is 0 Å². The van der Waals surface area contributed by atoms with Gasteiger partial charge in [-0.1, -0.05) is 11.6 Å². The van der Waals surface area contributed by atoms with E-state index in [0.29, 0.717) is 0 Å². The Balaban J connectivity index is 3.44. The molecule has 0 radical (unpaired) electrons. The molecule has 0 spiro atoms. The number of aromatic hydroxyl groups is 1. The molecule has 2 nitrogen and oxygen atoms in total. The maximum Gasteiger partial charge on any atom is 0.153 e. The second-order valence-electron chi connectivity index (χ2n) is 2.71. The maximum absolute atomic E-state index is 13.2. The van der Waals surface area contributed by atoms with Crippen LogP contribution in [0, 0.1) is 11.6 Å². The summed E-state index contributed by atoms with van der Waals surface area (Å²) in [5.41, 5.74) is 5.00. The summed E-state index contributed by atoms with van der Waals surface area (Å²) in [5, 5.41) is 8.43. The first kappa shape index (κ1) is 10.2. The molecule has 5 heteroatoms. The number of phenolic OH excluding ortho intramolecular Hbond substituents is 1. The summed E-state index contributed by atoms with van der Waals surface area (Å²) in [5.74, 6) is -2.52. The smallest absolute Gasteiger partial charge is 0.153 e. The van der Waals surface area contributed by atoms with Crippen molar-refractivity contribution >= 4 is 11.6 Å². The van der Waals surface area contributed by atoms with Crippen molar-refractivity contribution in [3.8, 4) is 5.75 Å². The minimum Gasteiger partial charge on any atom is -0.506 e. The quantitative estimate of drug-likeness (QED) is 0.695. The van der Waals surface area contributed by atoms with Gasteiger partial charge in [-0.3, -0.25) is 0 Å². The molecule has 0 saturated heterocycles. The first-order valence-corrected chi connectivity index (χ1v) is 3.95. The fourth-order valence-corrected chi connectivity index (χ4v) is 1.17. The minimum atomic E-state index is -1.01. The van der Waals surface area contributed by atoms with E-state index in [1.54, 1.807) is 0 Å². The number of nitrogens with two attached hydrogens (primary N) is 1. The average molecular weight is 208 g/mol. The lowest BCUT2D eigenvalue weighted by Gasteiger charge is -2.10. The Morgan fingerprint density at radius 1 is 1.54 bits per heavy atom. The van der Waals surface area contributed by atoms with Gasteiger partial charge in [0.15, 0.2) is 5.82 Å². The monoisotopic (exact) mass is 207 g/mol. The molecule has 1 atom stereocenters. The topological polar surface area (TPSA) is 46.2 Å². The molecule has 0 aromatic heterocycles. The third-order valence-electron chi connectivity index (χ3n) is 1.63. The molecular weight excluding hydrogens is 200 g/mol. The summed E-state index contributed by atoms with van der Waals surface area (Å²) < 4.78 is 26.2. The molecule has 1 unspecified atom stereocenters. The van der Waals surface area contributed by atoms with Crippen LogP contribution in [0.4, 0.5) is 8.78 Å². The van der Waals surface area contributed by atoms with Crippen LogP contribution in [-0.2, 0) is 0 Å². The van der Waals surface area contributed by atoms with Crippen molar-refractivity contribution in [2.24, 2.45) is 5.73 Å². The Bertz CT molecular complexity index is 341. The summed E-state index contributed by atoms with van der Waals surface area (Å²) in [6.07, 6.45) is 0. The maximum atomic E-state index is 13.2. The first-order valence-electron chi connectivity index (χ1n) is 3.57. The zero-order chi connectivity index (χ0) is 10.2. The lowest BCUT2D eigenvalue weighted by Crippen LogP contribution is -2.10. The van der Waals surface area contributed by atoms with Gasteiger partial charge in [0.25, 0.3) is 0 Å². The van der Waals surface area contributed by atoms with Gasteiger partial charge in [0.2, 0.25) is 0 Å². The summed E-state index contributed by atoms with van der Waals surface area (Å²) in [6.45, 7) is 1.43. The first-order chi connectivity index (χ1) is 5.95. The van der Waals surface area contributed by atoms with Gasteiger partial charge in [0.1, 0.15) is 16.6 Å². The molecule has 0 aliphatic carbocycles. The largest absolute Gasteiger partial charge is 0.506 e. The van der Waals surface area contributed by atoms with E-state index in [4.69, 9.17) is 22.4 Å². The molecule has 1 rings (SSSR count). The molecule has 0 saturated carbocycles. The number of rotatable bonds is 1. The zero-order valence-electron chi connectivity index (χ0n) is 6.81. The molecule has 0 aliphatic heterocycles. The van der Waals surface area contributed by atoms with E-state index in [-0.39, 0.29) is 5.56 Å². The van der Waals surface area contributed by atoms with Crippen molar-refractivity contribution in [1.82, 2.24) is 0 Å². The summed E-state index contributed by atoms with van der Waals surface area (Å²) in [7, 11) is 0. The van der Waals surface area contributed by atoms with E-state index in [2.05, 4.69) is 0 Å². The lowest BCUT2D eigenvalue weighted by atomic mass is 10.1. The van der Waals surface area contributed by atoms with E-state index in [1.165, 1.54) is 6.92 Å². The number of phenols is 1. The summed E-state index contributed by atoms with van der Waals surface area (Å²) in [6, 6.07) is -0.0671. The Labute approximate surface area is 78.9 Å². The molecule has 1 aromatic carbocycles. The van der Waals surface area contributed by atoms with Crippen LogP contribution in [0.15, 0.2) is 6.07 Å². The SMILES string of the molecule is CC(N)c1c(F)cc(O)c(Cl)c1F. The van der Waals surface area contributed by atoms with Crippen LogP contribution >= 0.6 is 11.6 Å². The van der Waals surface area contributed by atoms with Crippen LogP contribution in [0.5, 0.6) is 5.75 Å². The fraction of sp³-hybridized carbons (Fsp3) is 0.250. The molecule has 0 aliphatic rings. The van der Waals surface area contributed by atoms with Gasteiger partial charge in [0.05, 0.1) is 0 Å². The summed E-state index contributed by atoms with van der Waals surface area (Å²) in [4.78, 5) is 0. The average Bonchev–Trinajstić information content (AvgIpc) is 1.99. The van der Waals surface area contributed by atoms with Crippen molar-refractivity contribution in [3.05, 3.63) is 28.3 Å². The highest BCUT2D eigenvalue weighted by molar-refractivity contribution is 6.32. The van der Waals surface area contributed by atoms with Gasteiger partial charge >= 0.3 is 0 Å². The normalized spacial score (nSPS) is 13.0. The standard InChI is InChI=1S/C8H8ClF2NO/c1-3(12)6-4(10)2-5(13)7(9)8(6)11/h2-3,13H,12H2,1H3. The van der Waals surface area contributed by atoms with Gasteiger partial charge in [0, 0.05) is 17.7 Å². The molecule has 72 valence electrons. The highest BCUT2D eigenvalue weighted by Gasteiger charge is 2.19. The van der Waals surface area contributed by atoms with E-state index in [1.807, 2.05) is 0 Å². The molecule has 0 bridgehead atoms. The van der Waals surface area contributed by atoms with Crippen LogP contribution in [0.3, 0.4) is 0 Å². The Hall–Kier alpha value is -0.870. The highest BCUT2D eigenvalue weighted by Crippen LogP contribution is 2.32. The minimum absolute atomic E-state index is 0.317. The molecule has 1 aromatic rings. The third-order valence-corrected chi connectivity index (χ3v) is 1.99. The second-order valence-corrected chi connectivity index (χ2v) is 3.09. The molecule has 0 fully saturated rings. The molecule has 0 heterocycles. The van der Waals surface area contributed by atoms with E-state index >= 15 is 0 Å². The van der Waals surface area contributed by atoms with Crippen LogP contribution in [0.2, 0.25) is 5.02 Å². The van der Waals surface area contributed by atoms with Crippen molar-refractivity contribution in [2.75, 3.05) is 0 Å². The third kappa shape index (κ3) is 1.73. The Morgan fingerprint density at radius 3 is 2.54 bits per heavy atom. The second kappa shape index (κ2) is 3.47. The summed E-state index contributed by atoms with van der Waals surface area (Å²) >= 11 is 5.35. The predicted octanol–water partition coefficient (Wildman–Crippen LogP) is 2.34. The van der Waals surface area contributed by atoms with Crippen LogP contribution < -0.4 is 5.73 Å². The number of hydrogen-bond acceptors (Lipinski definition) is 2. The van der Waals surface area contributed by atoms with Gasteiger partial charge in [-0.05, 0) is 6.92 Å². The number of halogens is 3. The predicted molar refractivity (Wildman–Crippen MR) is 45.6 cm³/mol.